The number of carbonyl (C=O) groups excluding carboxylic acids is 1. The molecule has 6 heteroatoms. The zero-order chi connectivity index (χ0) is 17.5. The lowest BCUT2D eigenvalue weighted by atomic mass is 9.77. The zero-order valence-electron chi connectivity index (χ0n) is 14.1. The molecule has 0 amide bonds. The highest BCUT2D eigenvalue weighted by molar-refractivity contribution is 6.31. The van der Waals surface area contributed by atoms with Crippen molar-refractivity contribution in [2.45, 2.75) is 39.2 Å². The molecular weight excluding hydrogens is 326 g/mol. The lowest BCUT2D eigenvalue weighted by molar-refractivity contribution is -0.157. The van der Waals surface area contributed by atoms with E-state index < -0.39 is 11.5 Å². The van der Waals surface area contributed by atoms with E-state index in [2.05, 4.69) is 15.2 Å². The topological polar surface area (TPSA) is 67.3 Å². The number of halogens is 1. The van der Waals surface area contributed by atoms with Crippen LogP contribution in [0.3, 0.4) is 0 Å². The van der Waals surface area contributed by atoms with Crippen LogP contribution in [0.5, 0.6) is 0 Å². The van der Waals surface area contributed by atoms with Gasteiger partial charge >= 0.3 is 5.97 Å². The summed E-state index contributed by atoms with van der Waals surface area (Å²) in [6.07, 6.45) is 1.70. The molecule has 1 aliphatic heterocycles. The number of fused-ring (bicyclic) bond motifs is 1. The van der Waals surface area contributed by atoms with E-state index in [1.807, 2.05) is 52.0 Å². The van der Waals surface area contributed by atoms with Crippen molar-refractivity contribution in [2.75, 3.05) is 0 Å². The molecule has 0 saturated heterocycles. The molecule has 1 aromatic carbocycles. The smallest absolute Gasteiger partial charge is 0.316 e. The number of rotatable bonds is 2. The maximum absolute atomic E-state index is 12.9. The molecule has 2 heterocycles. The maximum Gasteiger partial charge on any atom is 0.316 e. The minimum atomic E-state index is -0.570. The lowest BCUT2D eigenvalue weighted by Crippen LogP contribution is -2.37. The van der Waals surface area contributed by atoms with Gasteiger partial charge in [0.25, 0.3) is 0 Å². The van der Waals surface area contributed by atoms with Gasteiger partial charge < -0.3 is 4.74 Å². The van der Waals surface area contributed by atoms with Gasteiger partial charge in [0.1, 0.15) is 11.5 Å². The largest absolute Gasteiger partial charge is 0.459 e. The molecule has 0 fully saturated rings. The summed E-state index contributed by atoms with van der Waals surface area (Å²) in [6.45, 7) is 7.40. The molecule has 1 N–H and O–H groups in total. The fraction of sp³-hybridized carbons (Fsp3) is 0.389. The van der Waals surface area contributed by atoms with Crippen LogP contribution in [-0.4, -0.2) is 27.5 Å². The summed E-state index contributed by atoms with van der Waals surface area (Å²) in [6, 6.07) is 7.53. The van der Waals surface area contributed by atoms with E-state index in [1.165, 1.54) is 0 Å². The van der Waals surface area contributed by atoms with Crippen molar-refractivity contribution in [3.63, 3.8) is 0 Å². The van der Waals surface area contributed by atoms with E-state index >= 15 is 0 Å². The molecule has 2 atom stereocenters. The number of aromatic nitrogens is 2. The van der Waals surface area contributed by atoms with Crippen LogP contribution in [0.4, 0.5) is 5.82 Å². The first kappa shape index (κ1) is 16.7. The van der Waals surface area contributed by atoms with Gasteiger partial charge in [-0.1, -0.05) is 29.8 Å². The van der Waals surface area contributed by atoms with Crippen LogP contribution in [0.2, 0.25) is 5.02 Å². The predicted molar refractivity (Wildman–Crippen MR) is 94.0 cm³/mol. The molecule has 3 rings (SSSR count). The molecule has 24 heavy (non-hydrogen) atoms. The number of hydrogen-bond acceptors (Lipinski definition) is 4. The Labute approximate surface area is 146 Å². The number of ether oxygens (including phenoxy) is 1. The lowest BCUT2D eigenvalue weighted by Gasteiger charge is -2.32. The molecule has 0 aliphatic carbocycles. The highest BCUT2D eigenvalue weighted by atomic mass is 35.5. The summed E-state index contributed by atoms with van der Waals surface area (Å²) in [5.41, 5.74) is 1.83. The van der Waals surface area contributed by atoms with E-state index in [1.54, 1.807) is 6.20 Å². The van der Waals surface area contributed by atoms with Crippen LogP contribution < -0.4 is 0 Å². The van der Waals surface area contributed by atoms with Gasteiger partial charge in [0, 0.05) is 22.2 Å². The third-order valence-electron chi connectivity index (χ3n) is 3.96. The third kappa shape index (κ3) is 3.08. The number of benzene rings is 1. The highest BCUT2D eigenvalue weighted by Crippen LogP contribution is 2.44. The van der Waals surface area contributed by atoms with Crippen LogP contribution in [0.15, 0.2) is 35.5 Å². The van der Waals surface area contributed by atoms with Crippen molar-refractivity contribution in [2.24, 2.45) is 10.9 Å². The molecule has 1 aromatic heterocycles. The second kappa shape index (κ2) is 6.06. The molecule has 126 valence electrons. The number of aromatic amines is 1. The van der Waals surface area contributed by atoms with Crippen molar-refractivity contribution in [1.82, 2.24) is 10.2 Å². The van der Waals surface area contributed by atoms with Gasteiger partial charge in [-0.2, -0.15) is 5.10 Å². The third-order valence-corrected chi connectivity index (χ3v) is 4.30. The maximum atomic E-state index is 12.9. The van der Waals surface area contributed by atoms with Gasteiger partial charge in [-0.05, 0) is 39.3 Å². The van der Waals surface area contributed by atoms with Crippen molar-refractivity contribution >= 4 is 29.1 Å². The Kier molecular flexibility index (Phi) is 4.22. The van der Waals surface area contributed by atoms with Crippen LogP contribution >= 0.6 is 11.6 Å². The average molecular weight is 346 g/mol. The Bertz CT molecular complexity index is 805. The van der Waals surface area contributed by atoms with E-state index in [4.69, 9.17) is 16.3 Å². The molecule has 0 saturated carbocycles. The van der Waals surface area contributed by atoms with Crippen molar-refractivity contribution in [3.05, 3.63) is 46.6 Å². The van der Waals surface area contributed by atoms with Crippen molar-refractivity contribution < 1.29 is 9.53 Å². The molecule has 0 radical (unpaired) electrons. The molecule has 2 unspecified atom stereocenters. The summed E-state index contributed by atoms with van der Waals surface area (Å²) >= 11 is 6.42. The van der Waals surface area contributed by atoms with Gasteiger partial charge in [0.15, 0.2) is 5.82 Å². The van der Waals surface area contributed by atoms with Crippen molar-refractivity contribution in [3.8, 4) is 0 Å². The summed E-state index contributed by atoms with van der Waals surface area (Å²) in [7, 11) is 0. The number of H-pyrrole nitrogens is 1. The Morgan fingerprint density at radius 2 is 1.96 bits per heavy atom. The number of aliphatic imine (C=N–C) groups is 1. The fourth-order valence-electron chi connectivity index (χ4n) is 3.02. The minimum Gasteiger partial charge on any atom is -0.459 e. The normalized spacial score (nSPS) is 20.3. The average Bonchev–Trinajstić information content (AvgIpc) is 2.92. The van der Waals surface area contributed by atoms with Gasteiger partial charge in [-0.15, -0.1) is 0 Å². The minimum absolute atomic E-state index is 0.278. The first-order valence-corrected chi connectivity index (χ1v) is 8.21. The van der Waals surface area contributed by atoms with Gasteiger partial charge in [-0.3, -0.25) is 9.89 Å². The van der Waals surface area contributed by atoms with Crippen molar-refractivity contribution in [1.29, 1.82) is 0 Å². The molecule has 0 bridgehead atoms. The Morgan fingerprint density at radius 3 is 2.62 bits per heavy atom. The van der Waals surface area contributed by atoms with E-state index in [0.717, 1.165) is 11.1 Å². The van der Waals surface area contributed by atoms with Crippen LogP contribution in [0, 0.1) is 5.92 Å². The van der Waals surface area contributed by atoms with Crippen LogP contribution in [0.1, 0.15) is 44.7 Å². The summed E-state index contributed by atoms with van der Waals surface area (Å²) in [5.74, 6) is -0.452. The zero-order valence-corrected chi connectivity index (χ0v) is 14.9. The molecule has 0 spiro atoms. The second-order valence-corrected chi connectivity index (χ2v) is 7.34. The quantitative estimate of drug-likeness (QED) is 0.827. The monoisotopic (exact) mass is 345 g/mol. The summed E-state index contributed by atoms with van der Waals surface area (Å²) in [4.78, 5) is 17.4. The number of hydrogen-bond donors (Lipinski definition) is 1. The first-order valence-electron chi connectivity index (χ1n) is 7.83. The van der Waals surface area contributed by atoms with Gasteiger partial charge in [0.05, 0.1) is 6.20 Å². The number of esters is 1. The first-order chi connectivity index (χ1) is 11.3. The van der Waals surface area contributed by atoms with Gasteiger partial charge in [0.2, 0.25) is 0 Å². The van der Waals surface area contributed by atoms with E-state index in [0.29, 0.717) is 16.6 Å². The Morgan fingerprint density at radius 1 is 1.25 bits per heavy atom. The molecule has 2 aromatic rings. The van der Waals surface area contributed by atoms with E-state index in [-0.39, 0.29) is 11.9 Å². The fourth-order valence-corrected chi connectivity index (χ4v) is 3.27. The Hall–Kier alpha value is -2.14. The summed E-state index contributed by atoms with van der Waals surface area (Å²) < 4.78 is 5.64. The molecule has 5 nitrogen and oxygen atoms in total. The SMILES string of the molecule is CC1=Nc2[nH]ncc2C(c2ccccc2Cl)C1C(=O)OC(C)(C)C. The van der Waals surface area contributed by atoms with Crippen LogP contribution in [-0.2, 0) is 9.53 Å². The molecular formula is C18H20ClN3O2. The highest BCUT2D eigenvalue weighted by Gasteiger charge is 2.41. The van der Waals surface area contributed by atoms with Crippen LogP contribution in [0.25, 0.3) is 0 Å². The number of nitrogens with zero attached hydrogens (tertiary/aromatic N) is 2. The number of carbonyl (C=O) groups is 1. The Balaban J connectivity index is 2.12. The predicted octanol–water partition coefficient (Wildman–Crippen LogP) is 4.26. The van der Waals surface area contributed by atoms with Gasteiger partial charge in [-0.25, -0.2) is 4.99 Å². The second-order valence-electron chi connectivity index (χ2n) is 6.94. The summed E-state index contributed by atoms with van der Waals surface area (Å²) in [5, 5.41) is 7.58. The molecule has 1 aliphatic rings. The standard InChI is InChI=1S/C18H20ClN3O2/c1-10-14(17(23)24-18(2,3)4)15(11-7-5-6-8-13(11)19)12-9-20-22-16(12)21-10/h5-9,14-15H,1-4H3,(H,20,22). The van der Waals surface area contributed by atoms with E-state index in [9.17, 15) is 4.79 Å². The number of nitrogens with one attached hydrogen (secondary N) is 1.